The topological polar surface area (TPSA) is 54.5 Å². The molecule has 2 unspecified atom stereocenters. The molecule has 1 aromatic rings. The van der Waals surface area contributed by atoms with Crippen molar-refractivity contribution >= 4 is 17.2 Å². The van der Waals surface area contributed by atoms with Crippen LogP contribution in [0, 0.1) is 12.8 Å². The highest BCUT2D eigenvalue weighted by atomic mass is 32.1. The number of ether oxygens (including phenoxy) is 1. The smallest absolute Gasteiger partial charge is 0.246 e. The minimum Gasteiger partial charge on any atom is -0.372 e. The molecule has 2 heterocycles. The highest BCUT2D eigenvalue weighted by molar-refractivity contribution is 7.11. The number of nitrogens with one attached hydrogen (secondary N) is 1. The van der Waals surface area contributed by atoms with Crippen LogP contribution in [0.1, 0.15) is 30.2 Å². The van der Waals surface area contributed by atoms with Crippen LogP contribution in [-0.4, -0.2) is 48.1 Å². The molecule has 0 radical (unpaired) electrons. The van der Waals surface area contributed by atoms with E-state index in [9.17, 15) is 4.79 Å². The van der Waals surface area contributed by atoms with Crippen LogP contribution in [0.25, 0.3) is 0 Å². The van der Waals surface area contributed by atoms with Gasteiger partial charge in [0.05, 0.1) is 5.01 Å². The molecule has 5 nitrogen and oxygen atoms in total. The summed E-state index contributed by atoms with van der Waals surface area (Å²) in [4.78, 5) is 19.8. The lowest BCUT2D eigenvalue weighted by Crippen LogP contribution is -2.50. The van der Waals surface area contributed by atoms with Gasteiger partial charge in [-0.2, -0.15) is 0 Å². The number of nitrogens with zero attached hydrogens (tertiary/aromatic N) is 2. The average molecular weight is 311 g/mol. The van der Waals surface area contributed by atoms with Crippen molar-refractivity contribution in [2.75, 3.05) is 26.3 Å². The Labute approximate surface area is 130 Å². The van der Waals surface area contributed by atoms with Crippen molar-refractivity contribution in [3.8, 4) is 0 Å². The third kappa shape index (κ3) is 5.05. The van der Waals surface area contributed by atoms with Gasteiger partial charge in [-0.15, -0.1) is 11.3 Å². The maximum absolute atomic E-state index is 11.7. The Balaban J connectivity index is 1.77. The third-order valence-corrected chi connectivity index (χ3v) is 4.72. The lowest BCUT2D eigenvalue weighted by molar-refractivity contribution is -0.127. The zero-order chi connectivity index (χ0) is 15.2. The molecule has 1 aromatic heterocycles. The summed E-state index contributed by atoms with van der Waals surface area (Å²) < 4.78 is 5.15. The van der Waals surface area contributed by atoms with E-state index < -0.39 is 0 Å². The monoisotopic (exact) mass is 311 g/mol. The number of carbonyl (C=O) groups excluding carboxylic acids is 1. The van der Waals surface area contributed by atoms with Gasteiger partial charge >= 0.3 is 0 Å². The van der Waals surface area contributed by atoms with Crippen molar-refractivity contribution in [3.05, 3.63) is 16.1 Å². The first-order valence-corrected chi connectivity index (χ1v) is 8.41. The molecule has 1 fully saturated rings. The van der Waals surface area contributed by atoms with Gasteiger partial charge in [0.1, 0.15) is 6.61 Å². The van der Waals surface area contributed by atoms with Gasteiger partial charge < -0.3 is 10.1 Å². The molecule has 1 aliphatic rings. The Bertz CT molecular complexity index is 464. The number of aromatic nitrogens is 1. The van der Waals surface area contributed by atoms with Crippen LogP contribution >= 0.6 is 11.3 Å². The van der Waals surface area contributed by atoms with Gasteiger partial charge in [-0.25, -0.2) is 4.98 Å². The van der Waals surface area contributed by atoms with Crippen molar-refractivity contribution in [1.29, 1.82) is 0 Å². The average Bonchev–Trinajstić information content (AvgIpc) is 2.85. The van der Waals surface area contributed by atoms with Crippen molar-refractivity contribution in [2.45, 2.75) is 39.8 Å². The number of hydrogen-bond acceptors (Lipinski definition) is 5. The Morgan fingerprint density at radius 2 is 2.43 bits per heavy atom. The van der Waals surface area contributed by atoms with Gasteiger partial charge in [-0.1, -0.05) is 6.92 Å². The Morgan fingerprint density at radius 1 is 1.62 bits per heavy atom. The van der Waals surface area contributed by atoms with E-state index in [0.717, 1.165) is 31.1 Å². The van der Waals surface area contributed by atoms with E-state index in [1.165, 1.54) is 4.88 Å². The molecular formula is C15H25N3O2S. The minimum absolute atomic E-state index is 0.000214. The number of piperidine rings is 1. The summed E-state index contributed by atoms with van der Waals surface area (Å²) in [6.07, 6.45) is 2.97. The number of amides is 1. The minimum atomic E-state index is 0.000214. The van der Waals surface area contributed by atoms with Gasteiger partial charge in [-0.3, -0.25) is 9.69 Å². The first kappa shape index (κ1) is 16.4. The van der Waals surface area contributed by atoms with Crippen molar-refractivity contribution in [1.82, 2.24) is 15.2 Å². The molecule has 2 atom stereocenters. The maximum atomic E-state index is 11.7. The number of hydrogen-bond donors (Lipinski definition) is 1. The molecule has 1 aliphatic heterocycles. The zero-order valence-electron chi connectivity index (χ0n) is 13.1. The molecule has 0 bridgehead atoms. The predicted octanol–water partition coefficient (Wildman–Crippen LogP) is 1.81. The van der Waals surface area contributed by atoms with E-state index in [2.05, 4.69) is 22.1 Å². The zero-order valence-corrected chi connectivity index (χ0v) is 13.9. The van der Waals surface area contributed by atoms with Crippen LogP contribution in [0.3, 0.4) is 0 Å². The molecule has 6 heteroatoms. The normalized spacial score (nSPS) is 23.2. The van der Waals surface area contributed by atoms with Gasteiger partial charge in [0.15, 0.2) is 0 Å². The molecule has 1 N–H and O–H groups in total. The summed E-state index contributed by atoms with van der Waals surface area (Å²) in [5.41, 5.74) is 0. The number of rotatable bonds is 6. The molecule has 118 valence electrons. The van der Waals surface area contributed by atoms with Crippen molar-refractivity contribution in [3.63, 3.8) is 0 Å². The quantitative estimate of drug-likeness (QED) is 0.870. The lowest BCUT2D eigenvalue weighted by Gasteiger charge is -2.37. The molecule has 1 saturated heterocycles. The van der Waals surface area contributed by atoms with Crippen molar-refractivity contribution in [2.24, 2.45) is 5.92 Å². The largest absolute Gasteiger partial charge is 0.372 e. The van der Waals surface area contributed by atoms with Crippen LogP contribution in [0.15, 0.2) is 6.20 Å². The molecule has 0 saturated carbocycles. The fourth-order valence-electron chi connectivity index (χ4n) is 2.73. The molecule has 0 aliphatic carbocycles. The van der Waals surface area contributed by atoms with Gasteiger partial charge in [0, 0.05) is 43.4 Å². The predicted molar refractivity (Wildman–Crippen MR) is 84.3 cm³/mol. The number of likely N-dealkylation sites (tertiary alicyclic amines) is 1. The summed E-state index contributed by atoms with van der Waals surface area (Å²) in [5, 5.41) is 4.21. The standard InChI is InChI=1S/C15H25N3O2S/c1-4-20-10-15(19)17-14-5-6-18(8-11(14)2)9-13-7-16-12(3)21-13/h7,11,14H,4-6,8-10H2,1-3H3,(H,17,19). The molecular weight excluding hydrogens is 286 g/mol. The molecule has 21 heavy (non-hydrogen) atoms. The fraction of sp³-hybridized carbons (Fsp3) is 0.733. The van der Waals surface area contributed by atoms with E-state index in [-0.39, 0.29) is 18.6 Å². The lowest BCUT2D eigenvalue weighted by atomic mass is 9.94. The highest BCUT2D eigenvalue weighted by Gasteiger charge is 2.27. The highest BCUT2D eigenvalue weighted by Crippen LogP contribution is 2.21. The van der Waals surface area contributed by atoms with E-state index in [1.54, 1.807) is 11.3 Å². The second-order valence-corrected chi connectivity index (χ2v) is 6.98. The summed E-state index contributed by atoms with van der Waals surface area (Å²) in [6.45, 7) is 9.88. The van der Waals surface area contributed by atoms with Crippen LogP contribution in [0.4, 0.5) is 0 Å². The van der Waals surface area contributed by atoms with Crippen LogP contribution in [0.2, 0.25) is 0 Å². The Kier molecular flexibility index (Phi) is 6.14. The second-order valence-electron chi connectivity index (χ2n) is 5.66. The maximum Gasteiger partial charge on any atom is 0.246 e. The SMILES string of the molecule is CCOCC(=O)NC1CCN(Cc2cnc(C)s2)CC1C. The van der Waals surface area contributed by atoms with E-state index in [4.69, 9.17) is 4.74 Å². The molecule has 1 amide bonds. The Hall–Kier alpha value is -0.980. The molecule has 0 aromatic carbocycles. The summed E-state index contributed by atoms with van der Waals surface area (Å²) in [7, 11) is 0. The van der Waals surface area contributed by atoms with Crippen molar-refractivity contribution < 1.29 is 9.53 Å². The summed E-state index contributed by atoms with van der Waals surface area (Å²) >= 11 is 1.76. The summed E-state index contributed by atoms with van der Waals surface area (Å²) in [5.74, 6) is 0.457. The van der Waals surface area contributed by atoms with Crippen LogP contribution < -0.4 is 5.32 Å². The molecule has 0 spiro atoms. The summed E-state index contributed by atoms with van der Waals surface area (Å²) in [6, 6.07) is 0.261. The number of thiazole rings is 1. The Morgan fingerprint density at radius 3 is 3.05 bits per heavy atom. The fourth-order valence-corrected chi connectivity index (χ4v) is 3.57. The number of carbonyl (C=O) groups is 1. The van der Waals surface area contributed by atoms with Gasteiger partial charge in [-0.05, 0) is 26.2 Å². The second kappa shape index (κ2) is 7.87. The third-order valence-electron chi connectivity index (χ3n) is 3.82. The van der Waals surface area contributed by atoms with Crippen LogP contribution in [0.5, 0.6) is 0 Å². The van der Waals surface area contributed by atoms with E-state index >= 15 is 0 Å². The van der Waals surface area contributed by atoms with Gasteiger partial charge in [0.2, 0.25) is 5.91 Å². The first-order chi connectivity index (χ1) is 10.1. The number of aryl methyl sites for hydroxylation is 1. The van der Waals surface area contributed by atoms with E-state index in [1.807, 2.05) is 20.0 Å². The van der Waals surface area contributed by atoms with E-state index in [0.29, 0.717) is 12.5 Å². The van der Waals surface area contributed by atoms with Crippen LogP contribution in [-0.2, 0) is 16.1 Å². The first-order valence-electron chi connectivity index (χ1n) is 7.59. The molecule has 2 rings (SSSR count). The van der Waals surface area contributed by atoms with Gasteiger partial charge in [0.25, 0.3) is 0 Å².